The van der Waals surface area contributed by atoms with Gasteiger partial charge in [-0.2, -0.15) is 0 Å². The maximum atomic E-state index is 13.8. The van der Waals surface area contributed by atoms with Crippen LogP contribution in [0.15, 0.2) is 72.8 Å². The van der Waals surface area contributed by atoms with Gasteiger partial charge in [-0.05, 0) is 48.6 Å². The van der Waals surface area contributed by atoms with Gasteiger partial charge in [-0.25, -0.2) is 0 Å². The Kier molecular flexibility index (Phi) is 9.19. The molecular formula is C31H36N2O4. The highest BCUT2D eigenvalue weighted by molar-refractivity contribution is 5.88. The Bertz CT molecular complexity index is 1180. The number of nitrogens with one attached hydrogen (secondary N) is 1. The summed E-state index contributed by atoms with van der Waals surface area (Å²) in [4.78, 5) is 28.9. The van der Waals surface area contributed by atoms with E-state index in [2.05, 4.69) is 5.32 Å². The van der Waals surface area contributed by atoms with E-state index in [9.17, 15) is 9.59 Å². The number of nitrogens with zero attached hydrogens (tertiary/aromatic N) is 1. The molecule has 0 unspecified atom stereocenters. The maximum absolute atomic E-state index is 13.8. The van der Waals surface area contributed by atoms with Crippen LogP contribution in [0.1, 0.15) is 42.0 Å². The molecule has 1 atom stereocenters. The number of hydrogen-bond acceptors (Lipinski definition) is 4. The van der Waals surface area contributed by atoms with Crippen LogP contribution in [0.4, 0.5) is 0 Å². The van der Waals surface area contributed by atoms with Gasteiger partial charge in [0.2, 0.25) is 11.8 Å². The summed E-state index contributed by atoms with van der Waals surface area (Å²) in [6.45, 7) is 6.08. The largest absolute Gasteiger partial charge is 0.486 e. The molecule has 1 heterocycles. The first kappa shape index (κ1) is 26.3. The number of rotatable bonds is 11. The van der Waals surface area contributed by atoms with Crippen molar-refractivity contribution in [3.05, 3.63) is 95.1 Å². The van der Waals surface area contributed by atoms with Gasteiger partial charge < -0.3 is 19.7 Å². The van der Waals surface area contributed by atoms with Gasteiger partial charge in [-0.3, -0.25) is 9.59 Å². The number of ether oxygens (including phenoxy) is 2. The number of aryl methyl sites for hydroxylation is 2. The first-order valence-electron chi connectivity index (χ1n) is 13.1. The van der Waals surface area contributed by atoms with Crippen molar-refractivity contribution in [2.45, 2.75) is 52.1 Å². The number of fused-ring (bicyclic) bond motifs is 1. The molecule has 1 N–H and O–H groups in total. The van der Waals surface area contributed by atoms with E-state index in [1.54, 1.807) is 4.90 Å². The fourth-order valence-corrected chi connectivity index (χ4v) is 4.45. The van der Waals surface area contributed by atoms with Crippen molar-refractivity contribution in [3.8, 4) is 11.5 Å². The van der Waals surface area contributed by atoms with E-state index in [-0.39, 0.29) is 18.2 Å². The van der Waals surface area contributed by atoms with Crippen molar-refractivity contribution in [1.82, 2.24) is 10.2 Å². The minimum atomic E-state index is -0.608. The molecule has 0 saturated carbocycles. The number of carbonyl (C=O) groups is 2. The van der Waals surface area contributed by atoms with Gasteiger partial charge in [0.1, 0.15) is 19.3 Å². The van der Waals surface area contributed by atoms with Crippen molar-refractivity contribution in [3.63, 3.8) is 0 Å². The average Bonchev–Trinajstić information content (AvgIpc) is 2.93. The molecule has 6 nitrogen and oxygen atoms in total. The molecular weight excluding hydrogens is 464 g/mol. The smallest absolute Gasteiger partial charge is 0.243 e. The normalized spacial score (nSPS) is 13.0. The highest BCUT2D eigenvalue weighted by Crippen LogP contribution is 2.31. The van der Waals surface area contributed by atoms with Gasteiger partial charge in [0.25, 0.3) is 0 Å². The van der Waals surface area contributed by atoms with Gasteiger partial charge in [-0.1, -0.05) is 73.2 Å². The predicted molar refractivity (Wildman–Crippen MR) is 145 cm³/mol. The highest BCUT2D eigenvalue weighted by Gasteiger charge is 2.30. The van der Waals surface area contributed by atoms with Gasteiger partial charge in [-0.15, -0.1) is 0 Å². The topological polar surface area (TPSA) is 67.9 Å². The average molecular weight is 501 g/mol. The SMILES string of the molecule is CCCNC(=O)[C@@H](Cc1ccccc1)N(Cc1ccc(C)cc1)C(=O)CCc1ccc2c(c1)OCCO2. The van der Waals surface area contributed by atoms with Crippen LogP contribution >= 0.6 is 0 Å². The van der Waals surface area contributed by atoms with Crippen LogP contribution < -0.4 is 14.8 Å². The summed E-state index contributed by atoms with van der Waals surface area (Å²) in [6, 6.07) is 23.2. The highest BCUT2D eigenvalue weighted by atomic mass is 16.6. The molecule has 6 heteroatoms. The third kappa shape index (κ3) is 7.35. The predicted octanol–water partition coefficient (Wildman–Crippen LogP) is 4.87. The van der Waals surface area contributed by atoms with E-state index in [0.29, 0.717) is 44.9 Å². The van der Waals surface area contributed by atoms with Gasteiger partial charge in [0, 0.05) is 25.9 Å². The number of hydrogen-bond donors (Lipinski definition) is 1. The van der Waals surface area contributed by atoms with Crippen molar-refractivity contribution < 1.29 is 19.1 Å². The Morgan fingerprint density at radius 1 is 0.892 bits per heavy atom. The Balaban J connectivity index is 1.57. The van der Waals surface area contributed by atoms with E-state index < -0.39 is 6.04 Å². The maximum Gasteiger partial charge on any atom is 0.243 e. The molecule has 0 fully saturated rings. The molecule has 194 valence electrons. The first-order chi connectivity index (χ1) is 18.0. The first-order valence-corrected chi connectivity index (χ1v) is 13.1. The Morgan fingerprint density at radius 3 is 2.32 bits per heavy atom. The molecule has 1 aliphatic heterocycles. The zero-order chi connectivity index (χ0) is 26.0. The molecule has 1 aliphatic rings. The summed E-state index contributed by atoms with van der Waals surface area (Å²) in [5.74, 6) is 1.28. The third-order valence-electron chi connectivity index (χ3n) is 6.53. The van der Waals surface area contributed by atoms with Crippen LogP contribution in [0.2, 0.25) is 0 Å². The lowest BCUT2D eigenvalue weighted by molar-refractivity contribution is -0.141. The van der Waals surface area contributed by atoms with Crippen LogP contribution in [0.3, 0.4) is 0 Å². The quantitative estimate of drug-likeness (QED) is 0.408. The van der Waals surface area contributed by atoms with Crippen LogP contribution in [0.25, 0.3) is 0 Å². The van der Waals surface area contributed by atoms with Crippen LogP contribution in [-0.2, 0) is 29.0 Å². The number of amides is 2. The summed E-state index contributed by atoms with van der Waals surface area (Å²) in [5, 5.41) is 3.03. The van der Waals surface area contributed by atoms with E-state index in [0.717, 1.165) is 34.4 Å². The van der Waals surface area contributed by atoms with E-state index >= 15 is 0 Å². The van der Waals surface area contributed by atoms with Crippen molar-refractivity contribution in [2.75, 3.05) is 19.8 Å². The van der Waals surface area contributed by atoms with Gasteiger partial charge in [0.15, 0.2) is 11.5 Å². The summed E-state index contributed by atoms with van der Waals surface area (Å²) in [7, 11) is 0. The minimum absolute atomic E-state index is 0.0527. The summed E-state index contributed by atoms with van der Waals surface area (Å²) in [6.07, 6.45) is 2.13. The summed E-state index contributed by atoms with van der Waals surface area (Å²) in [5.41, 5.74) is 4.18. The molecule has 0 radical (unpaired) electrons. The molecule has 3 aromatic rings. The molecule has 4 rings (SSSR count). The lowest BCUT2D eigenvalue weighted by Crippen LogP contribution is -2.50. The molecule has 37 heavy (non-hydrogen) atoms. The zero-order valence-electron chi connectivity index (χ0n) is 21.7. The third-order valence-corrected chi connectivity index (χ3v) is 6.53. The van der Waals surface area contributed by atoms with E-state index in [1.807, 2.05) is 86.6 Å². The summed E-state index contributed by atoms with van der Waals surface area (Å²) < 4.78 is 11.3. The fourth-order valence-electron chi connectivity index (χ4n) is 4.45. The van der Waals surface area contributed by atoms with E-state index in [1.165, 1.54) is 0 Å². The second-order valence-corrected chi connectivity index (χ2v) is 9.48. The van der Waals surface area contributed by atoms with Crippen LogP contribution in [0.5, 0.6) is 11.5 Å². The van der Waals surface area contributed by atoms with E-state index in [4.69, 9.17) is 9.47 Å². The minimum Gasteiger partial charge on any atom is -0.486 e. The number of benzene rings is 3. The standard InChI is InChI=1S/C31H36N2O4/c1-3-17-32-31(35)27(20-24-7-5-4-6-8-24)33(22-26-11-9-23(2)10-12-26)30(34)16-14-25-13-15-28-29(21-25)37-19-18-36-28/h4-13,15,21,27H,3,14,16-20,22H2,1-2H3,(H,32,35)/t27-/m1/s1. The lowest BCUT2D eigenvalue weighted by Gasteiger charge is -2.32. The Hall–Kier alpha value is -3.80. The molecule has 0 aliphatic carbocycles. The lowest BCUT2D eigenvalue weighted by atomic mass is 10.0. The molecule has 0 spiro atoms. The molecule has 0 bridgehead atoms. The molecule has 3 aromatic carbocycles. The van der Waals surface area contributed by atoms with Gasteiger partial charge in [0.05, 0.1) is 0 Å². The van der Waals surface area contributed by atoms with Gasteiger partial charge >= 0.3 is 0 Å². The number of carbonyl (C=O) groups excluding carboxylic acids is 2. The Morgan fingerprint density at radius 2 is 1.59 bits per heavy atom. The van der Waals surface area contributed by atoms with Crippen LogP contribution in [-0.4, -0.2) is 42.5 Å². The van der Waals surface area contributed by atoms with Crippen molar-refractivity contribution >= 4 is 11.8 Å². The van der Waals surface area contributed by atoms with Crippen molar-refractivity contribution in [2.24, 2.45) is 0 Å². The molecule has 0 aromatic heterocycles. The summed E-state index contributed by atoms with van der Waals surface area (Å²) >= 11 is 0. The zero-order valence-corrected chi connectivity index (χ0v) is 21.7. The van der Waals surface area contributed by atoms with Crippen molar-refractivity contribution in [1.29, 1.82) is 0 Å². The second-order valence-electron chi connectivity index (χ2n) is 9.48. The molecule has 0 saturated heterocycles. The monoisotopic (exact) mass is 500 g/mol. The Labute approximate surface area is 219 Å². The molecule has 2 amide bonds. The second kappa shape index (κ2) is 12.9. The van der Waals surface area contributed by atoms with Crippen LogP contribution in [0, 0.1) is 6.92 Å². The fraction of sp³-hybridized carbons (Fsp3) is 0.355.